The first-order valence-electron chi connectivity index (χ1n) is 5.79. The maximum absolute atomic E-state index is 3.71. The molecule has 1 saturated carbocycles. The van der Waals surface area contributed by atoms with Crippen LogP contribution in [0.25, 0.3) is 0 Å². The first kappa shape index (κ1) is 11.0. The van der Waals surface area contributed by atoms with E-state index in [1.165, 1.54) is 32.1 Å². The summed E-state index contributed by atoms with van der Waals surface area (Å²) in [5, 5.41) is 3.71. The van der Waals surface area contributed by atoms with Gasteiger partial charge in [-0.05, 0) is 44.4 Å². The Morgan fingerprint density at radius 3 is 2.31 bits per heavy atom. The van der Waals surface area contributed by atoms with Crippen molar-refractivity contribution < 1.29 is 0 Å². The molecule has 1 fully saturated rings. The molecule has 0 spiro atoms. The molecular formula is C12H25N. The Kier molecular flexibility index (Phi) is 3.78. The van der Waals surface area contributed by atoms with Crippen molar-refractivity contribution in [2.24, 2.45) is 5.41 Å². The van der Waals surface area contributed by atoms with Crippen molar-refractivity contribution in [2.75, 3.05) is 0 Å². The molecule has 0 aromatic carbocycles. The SMILES string of the molecule is CC[C@@H](C)NC1CCC(C)(C)CC1. The third kappa shape index (κ3) is 3.68. The highest BCUT2D eigenvalue weighted by Crippen LogP contribution is 2.35. The minimum atomic E-state index is 0.605. The first-order chi connectivity index (χ1) is 6.03. The maximum atomic E-state index is 3.71. The Hall–Kier alpha value is -0.0400. The molecule has 1 N–H and O–H groups in total. The van der Waals surface area contributed by atoms with Crippen LogP contribution < -0.4 is 5.32 Å². The van der Waals surface area contributed by atoms with Crippen molar-refractivity contribution in [1.29, 1.82) is 0 Å². The quantitative estimate of drug-likeness (QED) is 0.707. The normalized spacial score (nSPS) is 25.8. The van der Waals surface area contributed by atoms with Gasteiger partial charge in [-0.2, -0.15) is 0 Å². The lowest BCUT2D eigenvalue weighted by atomic mass is 9.75. The first-order valence-corrected chi connectivity index (χ1v) is 5.79. The fraction of sp³-hybridized carbons (Fsp3) is 1.00. The molecule has 0 aromatic heterocycles. The lowest BCUT2D eigenvalue weighted by Gasteiger charge is -2.35. The topological polar surface area (TPSA) is 12.0 Å². The lowest BCUT2D eigenvalue weighted by molar-refractivity contribution is 0.199. The van der Waals surface area contributed by atoms with E-state index in [9.17, 15) is 0 Å². The molecule has 13 heavy (non-hydrogen) atoms. The third-order valence-electron chi connectivity index (χ3n) is 3.47. The van der Waals surface area contributed by atoms with Crippen molar-refractivity contribution in [3.05, 3.63) is 0 Å². The molecule has 0 radical (unpaired) electrons. The zero-order valence-corrected chi connectivity index (χ0v) is 9.69. The molecule has 0 aromatic rings. The van der Waals surface area contributed by atoms with Gasteiger partial charge in [-0.3, -0.25) is 0 Å². The van der Waals surface area contributed by atoms with Crippen molar-refractivity contribution in [3.8, 4) is 0 Å². The number of hydrogen-bond donors (Lipinski definition) is 1. The fourth-order valence-electron chi connectivity index (χ4n) is 2.09. The third-order valence-corrected chi connectivity index (χ3v) is 3.47. The molecule has 1 rings (SSSR count). The molecule has 0 unspecified atom stereocenters. The van der Waals surface area contributed by atoms with Crippen LogP contribution in [0.5, 0.6) is 0 Å². The summed E-state index contributed by atoms with van der Waals surface area (Å²) >= 11 is 0. The average molecular weight is 183 g/mol. The largest absolute Gasteiger partial charge is 0.312 e. The van der Waals surface area contributed by atoms with Crippen molar-refractivity contribution >= 4 is 0 Å². The molecule has 0 amide bonds. The van der Waals surface area contributed by atoms with Gasteiger partial charge in [0.15, 0.2) is 0 Å². The van der Waals surface area contributed by atoms with Gasteiger partial charge in [-0.1, -0.05) is 20.8 Å². The maximum Gasteiger partial charge on any atom is 0.00699 e. The minimum absolute atomic E-state index is 0.605. The van der Waals surface area contributed by atoms with Gasteiger partial charge in [-0.15, -0.1) is 0 Å². The van der Waals surface area contributed by atoms with Crippen molar-refractivity contribution in [3.63, 3.8) is 0 Å². The van der Waals surface area contributed by atoms with Gasteiger partial charge in [0, 0.05) is 12.1 Å². The average Bonchev–Trinajstić information content (AvgIpc) is 2.08. The number of nitrogens with one attached hydrogen (secondary N) is 1. The molecule has 0 saturated heterocycles. The summed E-state index contributed by atoms with van der Waals surface area (Å²) in [6.07, 6.45) is 6.77. The molecule has 0 heterocycles. The zero-order chi connectivity index (χ0) is 9.90. The zero-order valence-electron chi connectivity index (χ0n) is 9.69. The summed E-state index contributed by atoms with van der Waals surface area (Å²) < 4.78 is 0. The molecule has 1 heteroatoms. The second-order valence-corrected chi connectivity index (χ2v) is 5.41. The highest BCUT2D eigenvalue weighted by atomic mass is 14.9. The summed E-state index contributed by atoms with van der Waals surface area (Å²) in [5.41, 5.74) is 0.605. The Morgan fingerprint density at radius 1 is 1.31 bits per heavy atom. The molecule has 1 atom stereocenters. The van der Waals surface area contributed by atoms with E-state index in [4.69, 9.17) is 0 Å². The molecule has 0 aliphatic heterocycles. The molecular weight excluding hydrogens is 158 g/mol. The highest BCUT2D eigenvalue weighted by molar-refractivity contribution is 4.83. The van der Waals surface area contributed by atoms with Crippen LogP contribution in [-0.2, 0) is 0 Å². The Balaban J connectivity index is 2.25. The van der Waals surface area contributed by atoms with Crippen LogP contribution in [0, 0.1) is 5.41 Å². The van der Waals surface area contributed by atoms with E-state index >= 15 is 0 Å². The van der Waals surface area contributed by atoms with Crippen LogP contribution in [0.1, 0.15) is 59.8 Å². The molecule has 1 aliphatic carbocycles. The second kappa shape index (κ2) is 4.45. The number of hydrogen-bond acceptors (Lipinski definition) is 1. The predicted molar refractivity (Wildman–Crippen MR) is 58.9 cm³/mol. The molecule has 78 valence electrons. The lowest BCUT2D eigenvalue weighted by Crippen LogP contribution is -2.40. The van der Waals surface area contributed by atoms with Gasteiger partial charge >= 0.3 is 0 Å². The summed E-state index contributed by atoms with van der Waals surface area (Å²) in [6.45, 7) is 9.34. The van der Waals surface area contributed by atoms with Crippen LogP contribution in [0.3, 0.4) is 0 Å². The number of rotatable bonds is 3. The Labute approximate surface area is 83.3 Å². The van der Waals surface area contributed by atoms with Crippen molar-refractivity contribution in [1.82, 2.24) is 5.32 Å². The minimum Gasteiger partial charge on any atom is -0.312 e. The van der Waals surface area contributed by atoms with E-state index in [1.54, 1.807) is 0 Å². The van der Waals surface area contributed by atoms with Gasteiger partial charge in [0.25, 0.3) is 0 Å². The second-order valence-electron chi connectivity index (χ2n) is 5.41. The monoisotopic (exact) mass is 183 g/mol. The predicted octanol–water partition coefficient (Wildman–Crippen LogP) is 3.34. The van der Waals surface area contributed by atoms with Crippen LogP contribution in [0.4, 0.5) is 0 Å². The highest BCUT2D eigenvalue weighted by Gasteiger charge is 2.26. The summed E-state index contributed by atoms with van der Waals surface area (Å²) in [6, 6.07) is 1.49. The van der Waals surface area contributed by atoms with Crippen LogP contribution in [-0.4, -0.2) is 12.1 Å². The van der Waals surface area contributed by atoms with E-state index in [0.717, 1.165) is 6.04 Å². The molecule has 1 nitrogen and oxygen atoms in total. The fourth-order valence-corrected chi connectivity index (χ4v) is 2.09. The molecule has 1 aliphatic rings. The van der Waals surface area contributed by atoms with Gasteiger partial charge < -0.3 is 5.32 Å². The van der Waals surface area contributed by atoms with E-state index in [1.807, 2.05) is 0 Å². The van der Waals surface area contributed by atoms with E-state index in [-0.39, 0.29) is 0 Å². The summed E-state index contributed by atoms with van der Waals surface area (Å²) in [5.74, 6) is 0. The smallest absolute Gasteiger partial charge is 0.00699 e. The standard InChI is InChI=1S/C12H25N/c1-5-10(2)13-11-6-8-12(3,4)9-7-11/h10-11,13H,5-9H2,1-4H3/t10-/m1/s1. The van der Waals surface area contributed by atoms with Crippen LogP contribution in [0.15, 0.2) is 0 Å². The Morgan fingerprint density at radius 2 is 1.85 bits per heavy atom. The van der Waals surface area contributed by atoms with E-state index in [0.29, 0.717) is 11.5 Å². The Bertz CT molecular complexity index is 141. The van der Waals surface area contributed by atoms with Crippen LogP contribution in [0.2, 0.25) is 0 Å². The van der Waals surface area contributed by atoms with Gasteiger partial charge in [0.1, 0.15) is 0 Å². The summed E-state index contributed by atoms with van der Waals surface area (Å²) in [4.78, 5) is 0. The van der Waals surface area contributed by atoms with Crippen LogP contribution >= 0.6 is 0 Å². The van der Waals surface area contributed by atoms with E-state index in [2.05, 4.69) is 33.0 Å². The molecule has 0 bridgehead atoms. The van der Waals surface area contributed by atoms with Gasteiger partial charge in [0.05, 0.1) is 0 Å². The summed E-state index contributed by atoms with van der Waals surface area (Å²) in [7, 11) is 0. The van der Waals surface area contributed by atoms with E-state index < -0.39 is 0 Å². The van der Waals surface area contributed by atoms with Crippen molar-refractivity contribution in [2.45, 2.75) is 71.9 Å². The van der Waals surface area contributed by atoms with Gasteiger partial charge in [0.2, 0.25) is 0 Å². The van der Waals surface area contributed by atoms with Gasteiger partial charge in [-0.25, -0.2) is 0 Å².